The van der Waals surface area contributed by atoms with Crippen LogP contribution in [0.1, 0.15) is 37.0 Å². The Morgan fingerprint density at radius 1 is 0.824 bits per heavy atom. The Kier molecular flexibility index (Phi) is 9.72. The predicted octanol–water partition coefficient (Wildman–Crippen LogP) is 5.68. The second kappa shape index (κ2) is 13.0. The smallest absolute Gasteiger partial charge is 0.243 e. The van der Waals surface area contributed by atoms with Crippen LogP contribution in [0.5, 0.6) is 0 Å². The van der Waals surface area contributed by atoms with Crippen LogP contribution in [0.15, 0.2) is 84.9 Å². The molecular formula is C29H33ClN2O2. The molecule has 5 heteroatoms. The van der Waals surface area contributed by atoms with Crippen LogP contribution in [0.2, 0.25) is 5.02 Å². The van der Waals surface area contributed by atoms with Crippen LogP contribution in [0.4, 0.5) is 0 Å². The topological polar surface area (TPSA) is 49.4 Å². The van der Waals surface area contributed by atoms with Crippen LogP contribution in [0, 0.1) is 5.92 Å². The molecule has 4 nitrogen and oxygen atoms in total. The van der Waals surface area contributed by atoms with Crippen molar-refractivity contribution in [3.05, 3.63) is 107 Å². The highest BCUT2D eigenvalue weighted by Gasteiger charge is 2.30. The van der Waals surface area contributed by atoms with Crippen molar-refractivity contribution < 1.29 is 9.59 Å². The van der Waals surface area contributed by atoms with E-state index in [1.807, 2.05) is 84.9 Å². The number of nitrogens with zero attached hydrogens (tertiary/aromatic N) is 1. The van der Waals surface area contributed by atoms with Gasteiger partial charge in [0.25, 0.3) is 0 Å². The minimum absolute atomic E-state index is 0.0823. The molecule has 0 spiro atoms. The highest BCUT2D eigenvalue weighted by Crippen LogP contribution is 2.18. The van der Waals surface area contributed by atoms with Crippen molar-refractivity contribution in [2.75, 3.05) is 6.54 Å². The average molecular weight is 477 g/mol. The average Bonchev–Trinajstić information content (AvgIpc) is 2.83. The Bertz CT molecular complexity index is 1040. The number of hydrogen-bond donors (Lipinski definition) is 1. The van der Waals surface area contributed by atoms with E-state index < -0.39 is 6.04 Å². The molecule has 0 fully saturated rings. The summed E-state index contributed by atoms with van der Waals surface area (Å²) in [6.45, 7) is 5.18. The van der Waals surface area contributed by atoms with Gasteiger partial charge < -0.3 is 10.2 Å². The molecule has 0 bridgehead atoms. The lowest BCUT2D eigenvalue weighted by Crippen LogP contribution is -2.51. The zero-order valence-electron chi connectivity index (χ0n) is 19.9. The summed E-state index contributed by atoms with van der Waals surface area (Å²) < 4.78 is 0. The highest BCUT2D eigenvalue weighted by molar-refractivity contribution is 6.30. The van der Waals surface area contributed by atoms with E-state index in [0.29, 0.717) is 30.5 Å². The molecule has 3 aromatic carbocycles. The first-order chi connectivity index (χ1) is 16.4. The number of carbonyl (C=O) groups is 2. The summed E-state index contributed by atoms with van der Waals surface area (Å²) in [5.74, 6) is 0.277. The predicted molar refractivity (Wildman–Crippen MR) is 139 cm³/mol. The van der Waals surface area contributed by atoms with Gasteiger partial charge in [-0.05, 0) is 41.2 Å². The summed E-state index contributed by atoms with van der Waals surface area (Å²) in [6, 6.07) is 26.3. The van der Waals surface area contributed by atoms with E-state index in [0.717, 1.165) is 23.1 Å². The van der Waals surface area contributed by atoms with Crippen molar-refractivity contribution in [1.82, 2.24) is 10.2 Å². The van der Waals surface area contributed by atoms with Crippen LogP contribution in [-0.2, 0) is 29.0 Å². The number of carbonyl (C=O) groups excluding carboxylic acids is 2. The molecule has 0 saturated heterocycles. The van der Waals surface area contributed by atoms with Gasteiger partial charge in [0.1, 0.15) is 6.04 Å². The number of amides is 2. The summed E-state index contributed by atoms with van der Waals surface area (Å²) in [7, 11) is 0. The Labute approximate surface area is 207 Å². The fourth-order valence-electron chi connectivity index (χ4n) is 3.81. The van der Waals surface area contributed by atoms with E-state index in [4.69, 9.17) is 11.6 Å². The molecule has 0 aliphatic heterocycles. The third-order valence-corrected chi connectivity index (χ3v) is 6.01. The molecule has 3 rings (SSSR count). The maximum atomic E-state index is 13.6. The van der Waals surface area contributed by atoms with E-state index in [1.54, 1.807) is 4.90 Å². The van der Waals surface area contributed by atoms with Gasteiger partial charge in [0, 0.05) is 24.5 Å². The summed E-state index contributed by atoms with van der Waals surface area (Å²) in [6.07, 6.45) is 1.57. The van der Waals surface area contributed by atoms with E-state index in [1.165, 1.54) is 0 Å². The second-order valence-corrected chi connectivity index (χ2v) is 9.43. The minimum Gasteiger partial charge on any atom is -0.354 e. The molecule has 0 radical (unpaired) electrons. The molecule has 0 saturated carbocycles. The molecule has 178 valence electrons. The van der Waals surface area contributed by atoms with Crippen molar-refractivity contribution in [3.63, 3.8) is 0 Å². The fraction of sp³-hybridized carbons (Fsp3) is 0.310. The lowest BCUT2D eigenvalue weighted by atomic mass is 10.0. The normalized spacial score (nSPS) is 11.8. The maximum Gasteiger partial charge on any atom is 0.243 e. The van der Waals surface area contributed by atoms with Gasteiger partial charge in [-0.15, -0.1) is 0 Å². The Morgan fingerprint density at radius 2 is 1.41 bits per heavy atom. The molecule has 1 N–H and O–H groups in total. The van der Waals surface area contributed by atoms with E-state index >= 15 is 0 Å². The van der Waals surface area contributed by atoms with Gasteiger partial charge in [0.05, 0.1) is 6.42 Å². The maximum absolute atomic E-state index is 13.6. The zero-order valence-corrected chi connectivity index (χ0v) is 20.7. The van der Waals surface area contributed by atoms with Crippen molar-refractivity contribution in [2.45, 2.75) is 45.7 Å². The molecule has 0 unspecified atom stereocenters. The zero-order chi connectivity index (χ0) is 24.3. The lowest BCUT2D eigenvalue weighted by Gasteiger charge is -2.32. The Morgan fingerprint density at radius 3 is 2.00 bits per heavy atom. The van der Waals surface area contributed by atoms with Gasteiger partial charge in [0.15, 0.2) is 0 Å². The first-order valence-corrected chi connectivity index (χ1v) is 12.2. The third kappa shape index (κ3) is 8.03. The van der Waals surface area contributed by atoms with Crippen molar-refractivity contribution >= 4 is 23.4 Å². The summed E-state index contributed by atoms with van der Waals surface area (Å²) >= 11 is 6.08. The second-order valence-electron chi connectivity index (χ2n) is 8.99. The quantitative estimate of drug-likeness (QED) is 0.386. The number of halogens is 1. The first kappa shape index (κ1) is 25.5. The standard InChI is InChI=1S/C29H33ClN2O2/c1-22(2)17-18-31-29(34)27(19-23-9-5-3-6-10-23)32(21-25-13-15-26(30)16-14-25)28(33)20-24-11-7-4-8-12-24/h3-16,22,27H,17-21H2,1-2H3,(H,31,34)/t27-/m1/s1. The van der Waals surface area contributed by atoms with Crippen LogP contribution in [0.25, 0.3) is 0 Å². The summed E-state index contributed by atoms with van der Waals surface area (Å²) in [5, 5.41) is 3.71. The van der Waals surface area contributed by atoms with Crippen LogP contribution >= 0.6 is 11.6 Å². The summed E-state index contributed by atoms with van der Waals surface area (Å²) in [5.41, 5.74) is 2.87. The van der Waals surface area contributed by atoms with Crippen molar-refractivity contribution in [3.8, 4) is 0 Å². The molecule has 0 heterocycles. The van der Waals surface area contributed by atoms with Gasteiger partial charge in [-0.1, -0.05) is 98.2 Å². The van der Waals surface area contributed by atoms with Gasteiger partial charge in [0.2, 0.25) is 11.8 Å². The van der Waals surface area contributed by atoms with Crippen molar-refractivity contribution in [1.29, 1.82) is 0 Å². The van der Waals surface area contributed by atoms with E-state index in [9.17, 15) is 9.59 Å². The van der Waals surface area contributed by atoms with E-state index in [2.05, 4.69) is 19.2 Å². The molecule has 0 aromatic heterocycles. The van der Waals surface area contributed by atoms with Crippen LogP contribution < -0.4 is 5.32 Å². The Hall–Kier alpha value is -3.11. The number of hydrogen-bond acceptors (Lipinski definition) is 2. The molecule has 2 amide bonds. The molecule has 3 aromatic rings. The third-order valence-electron chi connectivity index (χ3n) is 5.76. The largest absolute Gasteiger partial charge is 0.354 e. The highest BCUT2D eigenvalue weighted by atomic mass is 35.5. The number of rotatable bonds is 11. The minimum atomic E-state index is -0.624. The SMILES string of the molecule is CC(C)CCNC(=O)[C@@H](Cc1ccccc1)N(Cc1ccc(Cl)cc1)C(=O)Cc1ccccc1. The Balaban J connectivity index is 1.91. The molecular weight excluding hydrogens is 444 g/mol. The molecule has 0 aliphatic rings. The molecule has 34 heavy (non-hydrogen) atoms. The summed E-state index contributed by atoms with van der Waals surface area (Å²) in [4.78, 5) is 28.8. The van der Waals surface area contributed by atoms with Crippen LogP contribution in [0.3, 0.4) is 0 Å². The van der Waals surface area contributed by atoms with Gasteiger partial charge in [-0.2, -0.15) is 0 Å². The molecule has 0 aliphatic carbocycles. The number of nitrogens with one attached hydrogen (secondary N) is 1. The van der Waals surface area contributed by atoms with Gasteiger partial charge in [-0.3, -0.25) is 9.59 Å². The lowest BCUT2D eigenvalue weighted by molar-refractivity contribution is -0.140. The number of benzene rings is 3. The molecule has 1 atom stereocenters. The van der Waals surface area contributed by atoms with Gasteiger partial charge >= 0.3 is 0 Å². The van der Waals surface area contributed by atoms with Crippen molar-refractivity contribution in [2.24, 2.45) is 5.92 Å². The first-order valence-electron chi connectivity index (χ1n) is 11.8. The monoisotopic (exact) mass is 476 g/mol. The van der Waals surface area contributed by atoms with Crippen LogP contribution in [-0.4, -0.2) is 29.3 Å². The van der Waals surface area contributed by atoms with Gasteiger partial charge in [-0.25, -0.2) is 0 Å². The van der Waals surface area contributed by atoms with E-state index in [-0.39, 0.29) is 18.2 Å². The fourth-order valence-corrected chi connectivity index (χ4v) is 3.94.